The lowest BCUT2D eigenvalue weighted by Crippen LogP contribution is -1.98. The molecule has 0 atom stereocenters. The van der Waals surface area contributed by atoms with Gasteiger partial charge in [0.05, 0.1) is 16.1 Å². The molecule has 5 heteroatoms. The van der Waals surface area contributed by atoms with Crippen LogP contribution in [0.1, 0.15) is 21.7 Å². The fourth-order valence-corrected chi connectivity index (χ4v) is 2.63. The molecule has 82 valence electrons. The van der Waals surface area contributed by atoms with Crippen molar-refractivity contribution in [2.45, 2.75) is 13.8 Å². The van der Waals surface area contributed by atoms with Crippen LogP contribution in [-0.2, 0) is 0 Å². The predicted molar refractivity (Wildman–Crippen MR) is 65.2 cm³/mol. The van der Waals surface area contributed by atoms with Crippen LogP contribution >= 0.6 is 22.9 Å². The highest BCUT2D eigenvalue weighted by Gasteiger charge is 2.15. The Kier molecular flexibility index (Phi) is 3.03. The summed E-state index contributed by atoms with van der Waals surface area (Å²) in [6.07, 6.45) is 0.705. The van der Waals surface area contributed by atoms with Gasteiger partial charge in [0.15, 0.2) is 6.29 Å². The van der Waals surface area contributed by atoms with E-state index in [1.165, 1.54) is 0 Å². The van der Waals surface area contributed by atoms with Crippen molar-refractivity contribution in [1.29, 1.82) is 0 Å². The number of halogens is 1. The number of thiophene rings is 1. The molecular formula is C11H9ClN2OS. The minimum absolute atomic E-state index is 0.213. The van der Waals surface area contributed by atoms with Crippen molar-refractivity contribution in [2.24, 2.45) is 0 Å². The van der Waals surface area contributed by atoms with Crippen molar-refractivity contribution in [3.63, 3.8) is 0 Å². The number of carbonyl (C=O) groups excluding carboxylic acids is 1. The second kappa shape index (κ2) is 4.31. The van der Waals surface area contributed by atoms with Crippen LogP contribution < -0.4 is 0 Å². The van der Waals surface area contributed by atoms with Gasteiger partial charge >= 0.3 is 0 Å². The van der Waals surface area contributed by atoms with Gasteiger partial charge in [0.2, 0.25) is 0 Å². The zero-order valence-corrected chi connectivity index (χ0v) is 10.4. The summed E-state index contributed by atoms with van der Waals surface area (Å²) in [5, 5.41) is 2.18. The first-order chi connectivity index (χ1) is 7.63. The Morgan fingerprint density at radius 2 is 2.12 bits per heavy atom. The van der Waals surface area contributed by atoms with Crippen LogP contribution in [0.2, 0.25) is 5.15 Å². The summed E-state index contributed by atoms with van der Waals surface area (Å²) in [7, 11) is 0. The molecule has 0 aliphatic heterocycles. The zero-order valence-electron chi connectivity index (χ0n) is 8.82. The molecule has 0 fully saturated rings. The van der Waals surface area contributed by atoms with Gasteiger partial charge in [0, 0.05) is 0 Å². The molecule has 0 N–H and O–H groups in total. The van der Waals surface area contributed by atoms with E-state index in [1.807, 2.05) is 18.4 Å². The molecule has 0 saturated carbocycles. The normalized spacial score (nSPS) is 10.4. The third-order valence-corrected chi connectivity index (χ3v) is 3.52. The zero-order chi connectivity index (χ0) is 11.7. The lowest BCUT2D eigenvalue weighted by Gasteiger charge is -2.05. The average Bonchev–Trinajstić information content (AvgIpc) is 2.63. The van der Waals surface area contributed by atoms with E-state index in [4.69, 9.17) is 11.6 Å². The summed E-state index contributed by atoms with van der Waals surface area (Å²) in [6.45, 7) is 3.73. The van der Waals surface area contributed by atoms with E-state index in [2.05, 4.69) is 9.97 Å². The number of nitrogens with zero attached hydrogens (tertiary/aromatic N) is 2. The number of hydrogen-bond acceptors (Lipinski definition) is 4. The second-order valence-corrected chi connectivity index (χ2v) is 4.65. The molecule has 2 rings (SSSR count). The van der Waals surface area contributed by atoms with Crippen LogP contribution in [0.15, 0.2) is 11.4 Å². The Morgan fingerprint density at radius 1 is 1.38 bits per heavy atom. The number of aldehydes is 1. The molecule has 16 heavy (non-hydrogen) atoms. The van der Waals surface area contributed by atoms with Crippen LogP contribution in [0.3, 0.4) is 0 Å². The molecule has 0 aliphatic rings. The third kappa shape index (κ3) is 1.86. The van der Waals surface area contributed by atoms with Gasteiger partial charge in [-0.3, -0.25) is 4.79 Å². The standard InChI is InChI=1S/C11H9ClN2OS/c1-6-3-4-16-10(6)9-8(5-15)11(12)14-7(2)13-9/h3-5H,1-2H3. The van der Waals surface area contributed by atoms with E-state index in [9.17, 15) is 4.79 Å². The first-order valence-corrected chi connectivity index (χ1v) is 5.93. The molecule has 0 amide bonds. The highest BCUT2D eigenvalue weighted by Crippen LogP contribution is 2.31. The van der Waals surface area contributed by atoms with E-state index in [1.54, 1.807) is 18.3 Å². The first-order valence-electron chi connectivity index (χ1n) is 4.67. The third-order valence-electron chi connectivity index (χ3n) is 2.21. The maximum Gasteiger partial charge on any atom is 0.155 e. The molecule has 2 aromatic heterocycles. The molecule has 0 bridgehead atoms. The number of carbonyl (C=O) groups is 1. The second-order valence-electron chi connectivity index (χ2n) is 3.37. The molecule has 0 spiro atoms. The van der Waals surface area contributed by atoms with Gasteiger partial charge in [-0.2, -0.15) is 0 Å². The van der Waals surface area contributed by atoms with Crippen molar-refractivity contribution in [1.82, 2.24) is 9.97 Å². The first kappa shape index (κ1) is 11.2. The number of aryl methyl sites for hydroxylation is 2. The van der Waals surface area contributed by atoms with Crippen molar-refractivity contribution >= 4 is 29.2 Å². The topological polar surface area (TPSA) is 42.9 Å². The Bertz CT molecular complexity index is 551. The van der Waals surface area contributed by atoms with E-state index in [-0.39, 0.29) is 5.15 Å². The van der Waals surface area contributed by atoms with Crippen molar-refractivity contribution in [3.05, 3.63) is 33.6 Å². The quantitative estimate of drug-likeness (QED) is 0.608. The summed E-state index contributed by atoms with van der Waals surface area (Å²) in [5.41, 5.74) is 2.07. The minimum Gasteiger partial charge on any atom is -0.298 e. The summed E-state index contributed by atoms with van der Waals surface area (Å²) >= 11 is 7.47. The SMILES string of the molecule is Cc1nc(Cl)c(C=O)c(-c2sccc2C)n1. The van der Waals surface area contributed by atoms with Gasteiger partial charge in [0.25, 0.3) is 0 Å². The van der Waals surface area contributed by atoms with E-state index < -0.39 is 0 Å². The van der Waals surface area contributed by atoms with Crippen LogP contribution in [-0.4, -0.2) is 16.3 Å². The molecule has 3 nitrogen and oxygen atoms in total. The lowest BCUT2D eigenvalue weighted by atomic mass is 10.1. The highest BCUT2D eigenvalue weighted by molar-refractivity contribution is 7.13. The molecule has 0 radical (unpaired) electrons. The lowest BCUT2D eigenvalue weighted by molar-refractivity contribution is 0.112. The van der Waals surface area contributed by atoms with Gasteiger partial charge in [-0.15, -0.1) is 11.3 Å². The molecule has 0 saturated heterocycles. The Hall–Kier alpha value is -1.26. The summed E-state index contributed by atoms with van der Waals surface area (Å²) in [4.78, 5) is 20.2. The number of rotatable bonds is 2. The number of aromatic nitrogens is 2. The molecule has 0 aliphatic carbocycles. The molecule has 2 heterocycles. The summed E-state index contributed by atoms with van der Waals surface area (Å²) in [5.74, 6) is 0.568. The van der Waals surface area contributed by atoms with Crippen LogP contribution in [0.25, 0.3) is 10.6 Å². The fraction of sp³-hybridized carbons (Fsp3) is 0.182. The van der Waals surface area contributed by atoms with Gasteiger partial charge in [-0.25, -0.2) is 9.97 Å². The van der Waals surface area contributed by atoms with Gasteiger partial charge in [-0.1, -0.05) is 11.6 Å². The molecule has 2 aromatic rings. The van der Waals surface area contributed by atoms with Crippen molar-refractivity contribution in [3.8, 4) is 10.6 Å². The van der Waals surface area contributed by atoms with Crippen molar-refractivity contribution in [2.75, 3.05) is 0 Å². The van der Waals surface area contributed by atoms with Gasteiger partial charge in [-0.05, 0) is 30.9 Å². The largest absolute Gasteiger partial charge is 0.298 e. The summed E-state index contributed by atoms with van der Waals surface area (Å²) in [6, 6.07) is 1.99. The number of hydrogen-bond donors (Lipinski definition) is 0. The fourth-order valence-electron chi connectivity index (χ4n) is 1.44. The molecule has 0 aromatic carbocycles. The van der Waals surface area contributed by atoms with E-state index in [0.717, 1.165) is 10.4 Å². The van der Waals surface area contributed by atoms with E-state index >= 15 is 0 Å². The minimum atomic E-state index is 0.213. The average molecular weight is 253 g/mol. The van der Waals surface area contributed by atoms with Crippen LogP contribution in [0.5, 0.6) is 0 Å². The molecule has 0 unspecified atom stereocenters. The van der Waals surface area contributed by atoms with Gasteiger partial charge in [0.1, 0.15) is 11.0 Å². The Balaban J connectivity index is 2.73. The summed E-state index contributed by atoms with van der Waals surface area (Å²) < 4.78 is 0. The van der Waals surface area contributed by atoms with Crippen molar-refractivity contribution < 1.29 is 4.79 Å². The van der Waals surface area contributed by atoms with Crippen LogP contribution in [0.4, 0.5) is 0 Å². The molecular weight excluding hydrogens is 244 g/mol. The maximum absolute atomic E-state index is 11.0. The Labute approximate surface area is 102 Å². The maximum atomic E-state index is 11.0. The smallest absolute Gasteiger partial charge is 0.155 e. The van der Waals surface area contributed by atoms with Gasteiger partial charge < -0.3 is 0 Å². The predicted octanol–water partition coefficient (Wildman–Crippen LogP) is 3.29. The van der Waals surface area contributed by atoms with E-state index in [0.29, 0.717) is 23.4 Å². The van der Waals surface area contributed by atoms with Crippen LogP contribution in [0, 0.1) is 13.8 Å². The monoisotopic (exact) mass is 252 g/mol. The Morgan fingerprint density at radius 3 is 2.69 bits per heavy atom. The highest BCUT2D eigenvalue weighted by atomic mass is 35.5.